The molecule has 0 aliphatic carbocycles. The van der Waals surface area contributed by atoms with Crippen molar-refractivity contribution in [2.45, 2.75) is 12.5 Å². The van der Waals surface area contributed by atoms with Crippen LogP contribution in [-0.2, 0) is 14.4 Å². The zero-order valence-corrected chi connectivity index (χ0v) is 13.8. The number of carbonyl (C=O) groups is 4. The Morgan fingerprint density at radius 1 is 1.29 bits per heavy atom. The molecule has 3 N–H and O–H groups in total. The topological polar surface area (TPSA) is 118 Å². The van der Waals surface area contributed by atoms with E-state index in [4.69, 9.17) is 18.0 Å². The Kier molecular flexibility index (Phi) is 5.47. The van der Waals surface area contributed by atoms with E-state index in [1.54, 1.807) is 24.3 Å². The van der Waals surface area contributed by atoms with Crippen molar-refractivity contribution in [2.24, 2.45) is 5.73 Å². The lowest BCUT2D eigenvalue weighted by atomic mass is 10.1. The van der Waals surface area contributed by atoms with Crippen molar-refractivity contribution in [3.05, 3.63) is 40.3 Å². The normalized spacial score (nSPS) is 17.2. The van der Waals surface area contributed by atoms with Gasteiger partial charge in [0.2, 0.25) is 5.91 Å². The highest BCUT2D eigenvalue weighted by Gasteiger charge is 2.41. The molecular weight excluding hydrogens is 352 g/mol. The molecule has 124 valence electrons. The molecule has 0 aromatic heterocycles. The molecule has 24 heavy (non-hydrogen) atoms. The maximum Gasteiger partial charge on any atom is 0.327 e. The molecule has 1 aliphatic rings. The predicted octanol–water partition coefficient (Wildman–Crippen LogP) is 1.03. The second-order valence-corrected chi connectivity index (χ2v) is 6.54. The number of carbonyl (C=O) groups excluding carboxylic acids is 3. The first kappa shape index (κ1) is 17.8. The van der Waals surface area contributed by atoms with E-state index >= 15 is 0 Å². The first-order valence-corrected chi connectivity index (χ1v) is 7.89. The summed E-state index contributed by atoms with van der Waals surface area (Å²) in [7, 11) is 0. The summed E-state index contributed by atoms with van der Waals surface area (Å²) in [4.78, 5) is 46.6. The Morgan fingerprint density at radius 3 is 2.38 bits per heavy atom. The van der Waals surface area contributed by atoms with Gasteiger partial charge in [0.15, 0.2) is 0 Å². The molecular formula is C15H12N2O5S2. The van der Waals surface area contributed by atoms with Crippen molar-refractivity contribution in [1.82, 2.24) is 4.90 Å². The number of nitrogens with two attached hydrogens (primary N) is 1. The van der Waals surface area contributed by atoms with E-state index in [1.807, 2.05) is 0 Å². The fourth-order valence-electron chi connectivity index (χ4n) is 2.05. The van der Waals surface area contributed by atoms with Crippen LogP contribution in [0.2, 0.25) is 0 Å². The Hall–Kier alpha value is -2.52. The third-order valence-electron chi connectivity index (χ3n) is 3.19. The summed E-state index contributed by atoms with van der Waals surface area (Å²) in [5.74, 6) is -2.80. The molecule has 1 atom stereocenters. The molecule has 1 aliphatic heterocycles. The standard InChI is InChI=1S/C15H12N2O5S2/c16-12(19)6-10(14(21)22)17-13(20)11(24-15(17)23)5-8-1-3-9(7-18)4-2-8/h1-5,7,10H,6H2,(H2,16,19)(H,21,22)/b11-5-/t10-/m1/s1. The molecule has 7 nitrogen and oxygen atoms in total. The predicted molar refractivity (Wildman–Crippen MR) is 92.1 cm³/mol. The van der Waals surface area contributed by atoms with E-state index in [-0.39, 0.29) is 9.23 Å². The third kappa shape index (κ3) is 3.87. The Balaban J connectivity index is 2.29. The largest absolute Gasteiger partial charge is 0.480 e. The molecule has 2 amide bonds. The number of rotatable bonds is 6. The van der Waals surface area contributed by atoms with Crippen LogP contribution >= 0.6 is 24.0 Å². The summed E-state index contributed by atoms with van der Waals surface area (Å²) < 4.78 is 0.0458. The Morgan fingerprint density at radius 2 is 1.88 bits per heavy atom. The van der Waals surface area contributed by atoms with Gasteiger partial charge >= 0.3 is 5.97 Å². The number of primary amides is 1. The summed E-state index contributed by atoms with van der Waals surface area (Å²) in [5, 5.41) is 9.23. The van der Waals surface area contributed by atoms with Gasteiger partial charge < -0.3 is 10.8 Å². The number of benzene rings is 1. The number of carboxylic acids is 1. The fourth-order valence-corrected chi connectivity index (χ4v) is 3.41. The lowest BCUT2D eigenvalue weighted by molar-refractivity contribution is -0.146. The van der Waals surface area contributed by atoms with Crippen LogP contribution in [0.15, 0.2) is 29.2 Å². The van der Waals surface area contributed by atoms with Gasteiger partial charge in [0.05, 0.1) is 11.3 Å². The molecule has 1 aromatic carbocycles. The second kappa shape index (κ2) is 7.37. The van der Waals surface area contributed by atoms with Crippen molar-refractivity contribution in [2.75, 3.05) is 0 Å². The number of amides is 2. The molecule has 0 spiro atoms. The molecule has 0 radical (unpaired) electrons. The van der Waals surface area contributed by atoms with E-state index in [2.05, 4.69) is 0 Å². The monoisotopic (exact) mass is 364 g/mol. The van der Waals surface area contributed by atoms with Gasteiger partial charge in [-0.3, -0.25) is 19.3 Å². The van der Waals surface area contributed by atoms with Crippen molar-refractivity contribution >= 4 is 58.4 Å². The van der Waals surface area contributed by atoms with Crippen LogP contribution < -0.4 is 5.73 Å². The summed E-state index contributed by atoms with van der Waals surface area (Å²) in [5.41, 5.74) is 6.19. The van der Waals surface area contributed by atoms with Crippen LogP contribution in [0.4, 0.5) is 0 Å². The summed E-state index contributed by atoms with van der Waals surface area (Å²) in [6.45, 7) is 0. The molecule has 9 heteroatoms. The third-order valence-corrected chi connectivity index (χ3v) is 4.52. The van der Waals surface area contributed by atoms with Gasteiger partial charge in [-0.1, -0.05) is 48.2 Å². The van der Waals surface area contributed by atoms with Gasteiger partial charge in [-0.15, -0.1) is 0 Å². The van der Waals surface area contributed by atoms with Crippen molar-refractivity contribution in [1.29, 1.82) is 0 Å². The highest BCUT2D eigenvalue weighted by Crippen LogP contribution is 2.34. The number of hydrogen-bond acceptors (Lipinski definition) is 6. The lowest BCUT2D eigenvalue weighted by Gasteiger charge is -2.21. The van der Waals surface area contributed by atoms with Crippen LogP contribution in [-0.4, -0.2) is 44.4 Å². The van der Waals surface area contributed by atoms with Crippen molar-refractivity contribution in [3.63, 3.8) is 0 Å². The van der Waals surface area contributed by atoms with Crippen molar-refractivity contribution < 1.29 is 24.3 Å². The quantitative estimate of drug-likeness (QED) is 0.440. The summed E-state index contributed by atoms with van der Waals surface area (Å²) in [6, 6.07) is 5.04. The average Bonchev–Trinajstić information content (AvgIpc) is 2.79. The van der Waals surface area contributed by atoms with Gasteiger partial charge in [0.25, 0.3) is 5.91 Å². The summed E-state index contributed by atoms with van der Waals surface area (Å²) >= 11 is 6.01. The second-order valence-electron chi connectivity index (χ2n) is 4.86. The zero-order chi connectivity index (χ0) is 17.9. The first-order chi connectivity index (χ1) is 11.3. The highest BCUT2D eigenvalue weighted by molar-refractivity contribution is 8.26. The average molecular weight is 364 g/mol. The number of aldehydes is 1. The van der Waals surface area contributed by atoms with Gasteiger partial charge in [-0.2, -0.15) is 0 Å². The van der Waals surface area contributed by atoms with E-state index in [0.717, 1.165) is 16.7 Å². The molecule has 1 saturated heterocycles. The van der Waals surface area contributed by atoms with Gasteiger partial charge in [-0.05, 0) is 11.6 Å². The number of aliphatic carboxylic acids is 1. The fraction of sp³-hybridized carbons (Fsp3) is 0.133. The molecule has 0 saturated carbocycles. The maximum atomic E-state index is 12.4. The SMILES string of the molecule is NC(=O)C[C@H](C(=O)O)N1C(=O)/C(=C/c2ccc(C=O)cc2)SC1=S. The molecule has 1 aromatic rings. The van der Waals surface area contributed by atoms with E-state index in [0.29, 0.717) is 17.4 Å². The van der Waals surface area contributed by atoms with E-state index in [9.17, 15) is 24.3 Å². The molecule has 1 fully saturated rings. The number of nitrogens with zero attached hydrogens (tertiary/aromatic N) is 1. The van der Waals surface area contributed by atoms with Crippen LogP contribution in [0.1, 0.15) is 22.3 Å². The number of hydrogen-bond donors (Lipinski definition) is 2. The van der Waals surface area contributed by atoms with Gasteiger partial charge in [0.1, 0.15) is 16.6 Å². The van der Waals surface area contributed by atoms with Crippen LogP contribution in [0, 0.1) is 0 Å². The Labute approximate surface area is 146 Å². The van der Waals surface area contributed by atoms with Gasteiger partial charge in [-0.25, -0.2) is 4.79 Å². The smallest absolute Gasteiger partial charge is 0.327 e. The van der Waals surface area contributed by atoms with Crippen LogP contribution in [0.25, 0.3) is 6.08 Å². The molecule has 0 bridgehead atoms. The minimum absolute atomic E-state index is 0.0458. The lowest BCUT2D eigenvalue weighted by Crippen LogP contribution is -2.46. The van der Waals surface area contributed by atoms with Crippen molar-refractivity contribution in [3.8, 4) is 0 Å². The molecule has 2 rings (SSSR count). The van der Waals surface area contributed by atoms with Crippen LogP contribution in [0.3, 0.4) is 0 Å². The number of thioether (sulfide) groups is 1. The maximum absolute atomic E-state index is 12.4. The number of thiocarbonyl (C=S) groups is 1. The van der Waals surface area contributed by atoms with E-state index < -0.39 is 30.2 Å². The number of carboxylic acid groups (broad SMARTS) is 1. The first-order valence-electron chi connectivity index (χ1n) is 6.67. The highest BCUT2D eigenvalue weighted by atomic mass is 32.2. The Bertz CT molecular complexity index is 758. The molecule has 0 unspecified atom stereocenters. The zero-order valence-electron chi connectivity index (χ0n) is 12.2. The summed E-state index contributed by atoms with van der Waals surface area (Å²) in [6.07, 6.45) is 1.71. The van der Waals surface area contributed by atoms with Crippen LogP contribution in [0.5, 0.6) is 0 Å². The minimum Gasteiger partial charge on any atom is -0.480 e. The molecule has 1 heterocycles. The minimum atomic E-state index is -1.43. The van der Waals surface area contributed by atoms with E-state index in [1.165, 1.54) is 6.08 Å². The van der Waals surface area contributed by atoms with Gasteiger partial charge in [0, 0.05) is 5.56 Å².